The zero-order valence-electron chi connectivity index (χ0n) is 45.1. The Bertz CT molecular complexity index is 1410. The van der Waals surface area contributed by atoms with E-state index in [0.717, 1.165) is 57.8 Å². The number of rotatable bonds is 42. The molecule has 0 saturated carbocycles. The summed E-state index contributed by atoms with van der Waals surface area (Å²) in [5.74, 6) is -0.248. The largest absolute Gasteiger partial charge is 0.394 e. The topological polar surface area (TPSA) is 307 Å². The van der Waals surface area contributed by atoms with Gasteiger partial charge in [-0.25, -0.2) is 0 Å². The van der Waals surface area contributed by atoms with E-state index in [1.165, 1.54) is 109 Å². The third kappa shape index (κ3) is 24.3. The van der Waals surface area contributed by atoms with Crippen LogP contribution in [-0.4, -0.2) is 193 Å². The van der Waals surface area contributed by atoms with Gasteiger partial charge in [0.15, 0.2) is 18.9 Å². The Morgan fingerprint density at radius 3 is 1.31 bits per heavy atom. The lowest BCUT2D eigenvalue weighted by atomic mass is 9.96. The average molecular weight is 1070 g/mol. The lowest BCUT2D eigenvalue weighted by Gasteiger charge is -2.48. The van der Waals surface area contributed by atoms with Crippen molar-refractivity contribution in [3.05, 3.63) is 12.2 Å². The van der Waals surface area contributed by atoms with Gasteiger partial charge >= 0.3 is 0 Å². The molecule has 0 aromatic rings. The second-order valence-electron chi connectivity index (χ2n) is 21.1. The predicted molar refractivity (Wildman–Crippen MR) is 277 cm³/mol. The van der Waals surface area contributed by atoms with Crippen LogP contribution in [0.4, 0.5) is 0 Å². The fourth-order valence-corrected chi connectivity index (χ4v) is 10.0. The highest BCUT2D eigenvalue weighted by atomic mass is 16.8. The number of amides is 1. The number of allylic oxidation sites excluding steroid dienone is 2. The van der Waals surface area contributed by atoms with Gasteiger partial charge in [-0.2, -0.15) is 0 Å². The van der Waals surface area contributed by atoms with Crippen LogP contribution in [0.3, 0.4) is 0 Å². The first-order chi connectivity index (χ1) is 35.8. The molecule has 17 unspecified atom stereocenters. The van der Waals surface area contributed by atoms with E-state index in [-0.39, 0.29) is 18.9 Å². The average Bonchev–Trinajstić information content (AvgIpc) is 3.40. The molecule has 0 radical (unpaired) electrons. The van der Waals surface area contributed by atoms with Crippen LogP contribution in [0.1, 0.15) is 200 Å². The Hall–Kier alpha value is -1.47. The van der Waals surface area contributed by atoms with Crippen molar-refractivity contribution in [2.45, 2.75) is 304 Å². The second-order valence-corrected chi connectivity index (χ2v) is 21.1. The number of hydrogen-bond donors (Lipinski definition) is 12. The van der Waals surface area contributed by atoms with Gasteiger partial charge in [-0.3, -0.25) is 4.79 Å². The summed E-state index contributed by atoms with van der Waals surface area (Å²) in [6.07, 6.45) is 10.2. The molecule has 0 bridgehead atoms. The molecule has 17 atom stereocenters. The summed E-state index contributed by atoms with van der Waals surface area (Å²) in [4.78, 5) is 13.3. The van der Waals surface area contributed by atoms with Crippen LogP contribution < -0.4 is 5.32 Å². The van der Waals surface area contributed by atoms with Crippen LogP contribution in [0.15, 0.2) is 12.2 Å². The first kappa shape index (κ1) is 66.8. The highest BCUT2D eigenvalue weighted by Gasteiger charge is 2.53. The minimum atomic E-state index is -1.97. The van der Waals surface area contributed by atoms with Crippen LogP contribution in [0.25, 0.3) is 0 Å². The number of carbonyl (C=O) groups excluding carboxylic acids is 1. The van der Waals surface area contributed by atoms with Gasteiger partial charge in [0.2, 0.25) is 5.91 Å². The van der Waals surface area contributed by atoms with Crippen molar-refractivity contribution in [3.63, 3.8) is 0 Å². The van der Waals surface area contributed by atoms with E-state index >= 15 is 0 Å². The Morgan fingerprint density at radius 1 is 0.473 bits per heavy atom. The molecule has 3 aliphatic heterocycles. The summed E-state index contributed by atoms with van der Waals surface area (Å²) < 4.78 is 34.2. The zero-order chi connectivity index (χ0) is 54.1. The maximum atomic E-state index is 13.3. The molecule has 0 aromatic heterocycles. The van der Waals surface area contributed by atoms with E-state index in [1.54, 1.807) is 0 Å². The van der Waals surface area contributed by atoms with Gasteiger partial charge in [-0.05, 0) is 38.5 Å². The van der Waals surface area contributed by atoms with Gasteiger partial charge < -0.3 is 89.9 Å². The zero-order valence-corrected chi connectivity index (χ0v) is 45.1. The number of ether oxygens (including phenoxy) is 6. The van der Waals surface area contributed by atoms with Crippen LogP contribution in [0.5, 0.6) is 0 Å². The van der Waals surface area contributed by atoms with Crippen molar-refractivity contribution in [2.75, 3.05) is 26.4 Å². The van der Waals surface area contributed by atoms with Crippen LogP contribution in [0, 0.1) is 0 Å². The molecule has 436 valence electrons. The van der Waals surface area contributed by atoms with E-state index in [2.05, 4.69) is 31.3 Å². The van der Waals surface area contributed by atoms with E-state index in [4.69, 9.17) is 28.4 Å². The number of unbranched alkanes of at least 4 members (excludes halogenated alkanes) is 24. The molecular formula is C55H103NO18. The summed E-state index contributed by atoms with van der Waals surface area (Å²) in [5, 5.41) is 120. The van der Waals surface area contributed by atoms with Crippen molar-refractivity contribution >= 4 is 5.91 Å². The van der Waals surface area contributed by atoms with Gasteiger partial charge in [0.05, 0.1) is 38.6 Å². The number of carbonyl (C=O) groups is 1. The summed E-state index contributed by atoms with van der Waals surface area (Å²) in [5.41, 5.74) is 0. The minimum Gasteiger partial charge on any atom is -0.394 e. The maximum Gasteiger partial charge on any atom is 0.220 e. The molecule has 0 aliphatic carbocycles. The molecule has 12 N–H and O–H groups in total. The third-order valence-corrected chi connectivity index (χ3v) is 14.8. The molecular weight excluding hydrogens is 963 g/mol. The van der Waals surface area contributed by atoms with Gasteiger partial charge in [0.25, 0.3) is 0 Å². The van der Waals surface area contributed by atoms with Gasteiger partial charge in [-0.1, -0.05) is 167 Å². The summed E-state index contributed by atoms with van der Waals surface area (Å²) in [7, 11) is 0. The molecule has 3 heterocycles. The molecule has 3 fully saturated rings. The standard InChI is InChI=1S/C55H103NO18/c1-3-5-7-9-11-13-15-17-18-19-20-21-23-25-27-29-31-33-43(61)56-38(39(60)32-30-28-26-24-22-16-14-12-10-8-6-4-2)37-69-53-49(67)46(64)51(41(35-58)71-53)74-55-50(68)47(65)52(42(36-59)72-55)73-54-48(66)45(63)44(62)40(34-57)70-54/h17-18,38-42,44-55,57-60,62-68H,3-16,19-37H2,1-2H3,(H,56,61)/b18-17-. The van der Waals surface area contributed by atoms with Crippen molar-refractivity contribution in [2.24, 2.45) is 0 Å². The van der Waals surface area contributed by atoms with Crippen molar-refractivity contribution in [1.29, 1.82) is 0 Å². The molecule has 0 aromatic carbocycles. The van der Waals surface area contributed by atoms with E-state index < -0.39 is 124 Å². The van der Waals surface area contributed by atoms with E-state index in [9.17, 15) is 61.0 Å². The Kier molecular flexibility index (Phi) is 35.9. The number of nitrogens with one attached hydrogen (secondary N) is 1. The molecule has 19 heteroatoms. The number of aliphatic hydroxyl groups excluding tert-OH is 11. The highest BCUT2D eigenvalue weighted by Crippen LogP contribution is 2.33. The quantitative estimate of drug-likeness (QED) is 0.0301. The minimum absolute atomic E-state index is 0.248. The van der Waals surface area contributed by atoms with E-state index in [1.807, 2.05) is 0 Å². The molecule has 3 rings (SSSR count). The fraction of sp³-hybridized carbons (Fsp3) is 0.945. The third-order valence-electron chi connectivity index (χ3n) is 14.8. The summed E-state index contributed by atoms with van der Waals surface area (Å²) in [6.45, 7) is 1.76. The monoisotopic (exact) mass is 1070 g/mol. The van der Waals surface area contributed by atoms with Gasteiger partial charge in [-0.15, -0.1) is 0 Å². The molecule has 1 amide bonds. The summed E-state index contributed by atoms with van der Waals surface area (Å²) >= 11 is 0. The van der Waals surface area contributed by atoms with Gasteiger partial charge in [0.1, 0.15) is 73.2 Å². The Balaban J connectivity index is 1.51. The van der Waals surface area contributed by atoms with Gasteiger partial charge in [0, 0.05) is 6.42 Å². The number of aliphatic hydroxyl groups is 11. The lowest BCUT2D eigenvalue weighted by Crippen LogP contribution is -2.66. The molecule has 19 nitrogen and oxygen atoms in total. The SMILES string of the molecule is CCCCCCCC/C=C\CCCCCCCCCC(=O)NC(COC1OC(CO)C(OC2OC(CO)C(OC3OC(CO)C(O)C(O)C3O)C(O)C2O)C(O)C1O)C(O)CCCCCCCCCCCCCC. The van der Waals surface area contributed by atoms with Crippen LogP contribution >= 0.6 is 0 Å². The molecule has 74 heavy (non-hydrogen) atoms. The van der Waals surface area contributed by atoms with Crippen molar-refractivity contribution in [3.8, 4) is 0 Å². The first-order valence-electron chi connectivity index (χ1n) is 28.9. The fourth-order valence-electron chi connectivity index (χ4n) is 10.0. The lowest BCUT2D eigenvalue weighted by molar-refractivity contribution is -0.379. The molecule has 3 aliphatic rings. The van der Waals surface area contributed by atoms with E-state index in [0.29, 0.717) is 12.8 Å². The maximum absolute atomic E-state index is 13.3. The van der Waals surface area contributed by atoms with Crippen LogP contribution in [0.2, 0.25) is 0 Å². The predicted octanol–water partition coefficient (Wildman–Crippen LogP) is 4.21. The van der Waals surface area contributed by atoms with Crippen molar-refractivity contribution < 1.29 is 89.4 Å². The van der Waals surface area contributed by atoms with Crippen molar-refractivity contribution in [1.82, 2.24) is 5.32 Å². The summed E-state index contributed by atoms with van der Waals surface area (Å²) in [6, 6.07) is -0.884. The van der Waals surface area contributed by atoms with Crippen LogP contribution in [-0.2, 0) is 33.2 Å². The highest BCUT2D eigenvalue weighted by molar-refractivity contribution is 5.76. The first-order valence-corrected chi connectivity index (χ1v) is 28.9. The molecule has 3 saturated heterocycles. The molecule has 0 spiro atoms. The normalized spacial score (nSPS) is 31.5. The number of hydrogen-bond acceptors (Lipinski definition) is 18. The smallest absolute Gasteiger partial charge is 0.220 e. The Morgan fingerprint density at radius 2 is 0.851 bits per heavy atom. The Labute approximate surface area is 442 Å². The second kappa shape index (κ2) is 39.8.